The molecule has 1 saturated heterocycles. The molecule has 0 radical (unpaired) electrons. The number of nitrogens with zero attached hydrogens (tertiary/aromatic N) is 2. The Morgan fingerprint density at radius 2 is 2.21 bits per heavy atom. The highest BCUT2D eigenvalue weighted by Crippen LogP contribution is 2.33. The molecule has 1 aromatic carbocycles. The summed E-state index contributed by atoms with van der Waals surface area (Å²) >= 11 is 0. The summed E-state index contributed by atoms with van der Waals surface area (Å²) in [5.74, 6) is -0.0446. The largest absolute Gasteiger partial charge is 0.469 e. The molecule has 1 aliphatic rings. The Bertz CT molecular complexity index is 533. The van der Waals surface area contributed by atoms with Gasteiger partial charge >= 0.3 is 5.97 Å². The maximum atomic E-state index is 11.7. The van der Waals surface area contributed by atoms with Crippen LogP contribution in [0.3, 0.4) is 0 Å². The van der Waals surface area contributed by atoms with E-state index in [0.717, 1.165) is 17.8 Å². The first-order valence-corrected chi connectivity index (χ1v) is 6.41. The number of carbonyl (C=O) groups excluding carboxylic acids is 1. The van der Waals surface area contributed by atoms with Crippen molar-refractivity contribution in [3.63, 3.8) is 0 Å². The lowest BCUT2D eigenvalue weighted by Crippen LogP contribution is -2.25. The predicted molar refractivity (Wildman–Crippen MR) is 72.8 cm³/mol. The molecule has 4 heteroatoms. The Balaban J connectivity index is 2.31. The van der Waals surface area contributed by atoms with Gasteiger partial charge in [-0.25, -0.2) is 0 Å². The van der Waals surface area contributed by atoms with Gasteiger partial charge < -0.3 is 9.64 Å². The molecule has 1 aromatic rings. The van der Waals surface area contributed by atoms with Crippen molar-refractivity contribution in [2.24, 2.45) is 11.8 Å². The maximum Gasteiger partial charge on any atom is 0.310 e. The zero-order valence-corrected chi connectivity index (χ0v) is 11.5. The minimum atomic E-state index is -0.165. The molecule has 0 aromatic heterocycles. The van der Waals surface area contributed by atoms with Gasteiger partial charge in [0.2, 0.25) is 0 Å². The minimum absolute atomic E-state index is 0.115. The molecule has 0 spiro atoms. The highest BCUT2D eigenvalue weighted by atomic mass is 16.5. The average molecular weight is 258 g/mol. The van der Waals surface area contributed by atoms with Gasteiger partial charge in [-0.15, -0.1) is 0 Å². The molecular formula is C15H18N2O2. The third-order valence-electron chi connectivity index (χ3n) is 3.79. The van der Waals surface area contributed by atoms with Gasteiger partial charge in [0.05, 0.1) is 24.3 Å². The van der Waals surface area contributed by atoms with E-state index < -0.39 is 0 Å². The molecule has 4 nitrogen and oxygen atoms in total. The van der Waals surface area contributed by atoms with E-state index in [9.17, 15) is 10.1 Å². The molecule has 0 amide bonds. The fraction of sp³-hybridized carbons (Fsp3) is 0.467. The maximum absolute atomic E-state index is 11.7. The lowest BCUT2D eigenvalue weighted by molar-refractivity contribution is -0.145. The minimum Gasteiger partial charge on any atom is -0.469 e. The number of rotatable bonds is 2. The van der Waals surface area contributed by atoms with Crippen LogP contribution in [0.1, 0.15) is 18.1 Å². The summed E-state index contributed by atoms with van der Waals surface area (Å²) in [5, 5.41) is 9.22. The second kappa shape index (κ2) is 5.31. The summed E-state index contributed by atoms with van der Waals surface area (Å²) < 4.78 is 4.84. The number of benzene rings is 1. The predicted octanol–water partition coefficient (Wildman–Crippen LogP) is 2.11. The Hall–Kier alpha value is -2.02. The number of ether oxygens (including phenoxy) is 1. The van der Waals surface area contributed by atoms with Crippen LogP contribution in [-0.2, 0) is 9.53 Å². The Morgan fingerprint density at radius 3 is 2.84 bits per heavy atom. The highest BCUT2D eigenvalue weighted by molar-refractivity contribution is 5.75. The number of nitriles is 1. The van der Waals surface area contributed by atoms with Gasteiger partial charge in [0.25, 0.3) is 0 Å². The molecule has 0 bridgehead atoms. The van der Waals surface area contributed by atoms with E-state index in [2.05, 4.69) is 11.0 Å². The molecular weight excluding hydrogens is 240 g/mol. The summed E-state index contributed by atoms with van der Waals surface area (Å²) in [6.45, 7) is 5.44. The van der Waals surface area contributed by atoms with Crippen molar-refractivity contribution in [1.29, 1.82) is 5.26 Å². The normalized spacial score (nSPS) is 22.1. The van der Waals surface area contributed by atoms with Crippen LogP contribution >= 0.6 is 0 Å². The summed E-state index contributed by atoms with van der Waals surface area (Å²) in [7, 11) is 1.42. The smallest absolute Gasteiger partial charge is 0.310 e. The van der Waals surface area contributed by atoms with Crippen LogP contribution in [-0.4, -0.2) is 26.2 Å². The zero-order chi connectivity index (χ0) is 14.0. The van der Waals surface area contributed by atoms with E-state index in [1.54, 1.807) is 0 Å². The topological polar surface area (TPSA) is 53.3 Å². The van der Waals surface area contributed by atoms with Gasteiger partial charge in [0, 0.05) is 13.1 Å². The standard InChI is InChI=1S/C15H18N2O2/c1-10-5-4-6-12(7-16)14(10)17-8-11(2)13(9-17)15(18)19-3/h4-6,11,13H,8-9H2,1-3H3. The molecule has 100 valence electrons. The third kappa shape index (κ3) is 2.41. The number of methoxy groups -OCH3 is 1. The molecule has 0 saturated carbocycles. The quantitative estimate of drug-likeness (QED) is 0.762. The van der Waals surface area contributed by atoms with Gasteiger partial charge in [-0.2, -0.15) is 5.26 Å². The van der Waals surface area contributed by atoms with E-state index in [0.29, 0.717) is 12.1 Å². The molecule has 2 atom stereocenters. The van der Waals surface area contributed by atoms with Crippen molar-refractivity contribution in [2.75, 3.05) is 25.1 Å². The fourth-order valence-corrected chi connectivity index (χ4v) is 2.78. The van der Waals surface area contributed by atoms with Crippen molar-refractivity contribution in [3.8, 4) is 6.07 Å². The third-order valence-corrected chi connectivity index (χ3v) is 3.79. The van der Waals surface area contributed by atoms with Gasteiger partial charge in [-0.3, -0.25) is 4.79 Å². The summed E-state index contributed by atoms with van der Waals surface area (Å²) in [5.41, 5.74) is 2.68. The van der Waals surface area contributed by atoms with Crippen molar-refractivity contribution in [3.05, 3.63) is 29.3 Å². The Kier molecular flexibility index (Phi) is 3.75. The summed E-state index contributed by atoms with van der Waals surface area (Å²) in [6.07, 6.45) is 0. The first kappa shape index (κ1) is 13.4. The lowest BCUT2D eigenvalue weighted by atomic mass is 9.99. The molecule has 0 N–H and O–H groups in total. The van der Waals surface area contributed by atoms with Gasteiger partial charge in [0.1, 0.15) is 6.07 Å². The van der Waals surface area contributed by atoms with Crippen molar-refractivity contribution in [2.45, 2.75) is 13.8 Å². The molecule has 1 heterocycles. The van der Waals surface area contributed by atoms with Crippen molar-refractivity contribution >= 4 is 11.7 Å². The number of hydrogen-bond acceptors (Lipinski definition) is 4. The lowest BCUT2D eigenvalue weighted by Gasteiger charge is -2.22. The van der Waals surface area contributed by atoms with E-state index in [4.69, 9.17) is 4.74 Å². The SMILES string of the molecule is COC(=O)C1CN(c2c(C)cccc2C#N)CC1C. The molecule has 1 aliphatic heterocycles. The second-order valence-corrected chi connectivity index (χ2v) is 5.09. The van der Waals surface area contributed by atoms with Crippen LogP contribution in [0, 0.1) is 30.1 Å². The van der Waals surface area contributed by atoms with Crippen LogP contribution in [0.15, 0.2) is 18.2 Å². The number of aryl methyl sites for hydroxylation is 1. The molecule has 2 rings (SSSR count). The van der Waals surface area contributed by atoms with Crippen LogP contribution < -0.4 is 4.90 Å². The second-order valence-electron chi connectivity index (χ2n) is 5.09. The molecule has 0 aliphatic carbocycles. The first-order chi connectivity index (χ1) is 9.08. The van der Waals surface area contributed by atoms with E-state index in [-0.39, 0.29) is 17.8 Å². The number of para-hydroxylation sites is 1. The van der Waals surface area contributed by atoms with Crippen molar-refractivity contribution in [1.82, 2.24) is 0 Å². The van der Waals surface area contributed by atoms with Gasteiger partial charge in [0.15, 0.2) is 0 Å². The number of carbonyl (C=O) groups is 1. The molecule has 1 fully saturated rings. The number of hydrogen-bond donors (Lipinski definition) is 0. The monoisotopic (exact) mass is 258 g/mol. The van der Waals surface area contributed by atoms with Crippen LogP contribution in [0.2, 0.25) is 0 Å². The molecule has 19 heavy (non-hydrogen) atoms. The first-order valence-electron chi connectivity index (χ1n) is 6.41. The van der Waals surface area contributed by atoms with Gasteiger partial charge in [-0.05, 0) is 24.5 Å². The van der Waals surface area contributed by atoms with Crippen LogP contribution in [0.5, 0.6) is 0 Å². The number of anilines is 1. The van der Waals surface area contributed by atoms with Crippen molar-refractivity contribution < 1.29 is 9.53 Å². The fourth-order valence-electron chi connectivity index (χ4n) is 2.78. The van der Waals surface area contributed by atoms with Crippen LogP contribution in [0.25, 0.3) is 0 Å². The molecule has 2 unspecified atom stereocenters. The van der Waals surface area contributed by atoms with Crippen LogP contribution in [0.4, 0.5) is 5.69 Å². The van der Waals surface area contributed by atoms with Gasteiger partial charge in [-0.1, -0.05) is 19.1 Å². The Labute approximate surface area is 113 Å². The Morgan fingerprint density at radius 1 is 1.47 bits per heavy atom. The summed E-state index contributed by atoms with van der Waals surface area (Å²) in [6, 6.07) is 7.92. The van der Waals surface area contributed by atoms with E-state index in [1.165, 1.54) is 7.11 Å². The summed E-state index contributed by atoms with van der Waals surface area (Å²) in [4.78, 5) is 13.9. The van der Waals surface area contributed by atoms with E-state index in [1.807, 2.05) is 32.0 Å². The average Bonchev–Trinajstić information content (AvgIpc) is 2.79. The number of esters is 1. The van der Waals surface area contributed by atoms with E-state index >= 15 is 0 Å². The zero-order valence-electron chi connectivity index (χ0n) is 11.5. The highest BCUT2D eigenvalue weighted by Gasteiger charge is 2.36.